The highest BCUT2D eigenvalue weighted by atomic mass is 79.9. The second-order valence-electron chi connectivity index (χ2n) is 3.40. The van der Waals surface area contributed by atoms with Gasteiger partial charge in [0.1, 0.15) is 5.69 Å². The van der Waals surface area contributed by atoms with E-state index in [1.165, 1.54) is 24.3 Å². The van der Waals surface area contributed by atoms with Crippen LogP contribution in [0.25, 0.3) is 0 Å². The number of rotatable bonds is 3. The van der Waals surface area contributed by atoms with E-state index in [1.54, 1.807) is 12.1 Å². The average molecular weight is 311 g/mol. The van der Waals surface area contributed by atoms with Crippen LogP contribution >= 0.6 is 15.9 Å². The van der Waals surface area contributed by atoms with Crippen LogP contribution in [0.4, 0.5) is 4.39 Å². The lowest BCUT2D eigenvalue weighted by atomic mass is 10.3. The zero-order valence-corrected chi connectivity index (χ0v) is 10.6. The van der Waals surface area contributed by atoms with E-state index in [1.807, 2.05) is 0 Å². The number of halogens is 2. The largest absolute Gasteiger partial charge is 0.436 e. The van der Waals surface area contributed by atoms with Crippen LogP contribution in [0.5, 0.6) is 11.6 Å². The molecule has 18 heavy (non-hydrogen) atoms. The third kappa shape index (κ3) is 2.84. The summed E-state index contributed by atoms with van der Waals surface area (Å²) >= 11 is 3.21. The fourth-order valence-electron chi connectivity index (χ4n) is 1.28. The van der Waals surface area contributed by atoms with Crippen molar-refractivity contribution in [1.82, 2.24) is 4.98 Å². The molecular weight excluding hydrogens is 303 g/mol. The van der Waals surface area contributed by atoms with Crippen LogP contribution in [0.3, 0.4) is 0 Å². The molecule has 0 aliphatic rings. The van der Waals surface area contributed by atoms with E-state index < -0.39 is 11.7 Å². The number of nitrogens with two attached hydrogens (primary N) is 1. The van der Waals surface area contributed by atoms with Crippen molar-refractivity contribution in [2.75, 3.05) is 0 Å². The number of ether oxygens (including phenoxy) is 1. The first kappa shape index (κ1) is 12.5. The van der Waals surface area contributed by atoms with E-state index in [-0.39, 0.29) is 17.3 Å². The number of carbonyl (C=O) groups is 1. The molecule has 4 nitrogen and oxygen atoms in total. The lowest BCUT2D eigenvalue weighted by Gasteiger charge is -2.06. The number of primary amides is 1. The highest BCUT2D eigenvalue weighted by Gasteiger charge is 2.08. The average Bonchev–Trinajstić information content (AvgIpc) is 2.34. The Balaban J connectivity index is 2.31. The zero-order valence-electron chi connectivity index (χ0n) is 9.06. The zero-order chi connectivity index (χ0) is 13.1. The first-order chi connectivity index (χ1) is 8.56. The van der Waals surface area contributed by atoms with Crippen molar-refractivity contribution >= 4 is 21.8 Å². The first-order valence-electron chi connectivity index (χ1n) is 4.96. The van der Waals surface area contributed by atoms with E-state index in [0.717, 1.165) is 0 Å². The molecule has 1 aromatic heterocycles. The fraction of sp³-hybridized carbons (Fsp3) is 0. The highest BCUT2D eigenvalue weighted by molar-refractivity contribution is 9.10. The van der Waals surface area contributed by atoms with Gasteiger partial charge in [-0.15, -0.1) is 0 Å². The Hall–Kier alpha value is -1.95. The van der Waals surface area contributed by atoms with Crippen LogP contribution in [0, 0.1) is 5.82 Å². The van der Waals surface area contributed by atoms with E-state index >= 15 is 0 Å². The molecule has 1 heterocycles. The Kier molecular flexibility index (Phi) is 3.57. The minimum absolute atomic E-state index is 0.0125. The molecule has 2 rings (SSSR count). The van der Waals surface area contributed by atoms with Gasteiger partial charge in [0.15, 0.2) is 11.6 Å². The van der Waals surface area contributed by atoms with Gasteiger partial charge < -0.3 is 10.5 Å². The molecule has 92 valence electrons. The van der Waals surface area contributed by atoms with Crippen molar-refractivity contribution in [3.8, 4) is 11.6 Å². The van der Waals surface area contributed by atoms with E-state index in [2.05, 4.69) is 20.9 Å². The van der Waals surface area contributed by atoms with Gasteiger partial charge in [-0.3, -0.25) is 4.79 Å². The molecule has 0 saturated heterocycles. The van der Waals surface area contributed by atoms with Crippen LogP contribution in [-0.4, -0.2) is 10.9 Å². The second kappa shape index (κ2) is 5.14. The molecule has 2 N–H and O–H groups in total. The van der Waals surface area contributed by atoms with Crippen LogP contribution in [0.1, 0.15) is 10.5 Å². The number of hydrogen-bond donors (Lipinski definition) is 1. The van der Waals surface area contributed by atoms with Crippen molar-refractivity contribution in [3.05, 3.63) is 52.4 Å². The van der Waals surface area contributed by atoms with Gasteiger partial charge in [-0.05, 0) is 24.3 Å². The molecule has 0 spiro atoms. The summed E-state index contributed by atoms with van der Waals surface area (Å²) in [6.07, 6.45) is 0. The van der Waals surface area contributed by atoms with Gasteiger partial charge in [0.05, 0.1) is 0 Å². The quantitative estimate of drug-likeness (QED) is 0.948. The van der Waals surface area contributed by atoms with Crippen LogP contribution in [0.15, 0.2) is 40.9 Å². The molecule has 1 aromatic carbocycles. The maximum absolute atomic E-state index is 13.4. The number of hydrogen-bond acceptors (Lipinski definition) is 3. The van der Waals surface area contributed by atoms with Crippen molar-refractivity contribution in [3.63, 3.8) is 0 Å². The van der Waals surface area contributed by atoms with Crippen LogP contribution in [-0.2, 0) is 0 Å². The third-order valence-corrected chi connectivity index (χ3v) is 2.58. The normalized spacial score (nSPS) is 10.1. The number of pyridine rings is 1. The minimum Gasteiger partial charge on any atom is -0.436 e. The molecule has 0 aliphatic carbocycles. The molecule has 0 aliphatic heterocycles. The fourth-order valence-corrected chi connectivity index (χ4v) is 1.62. The molecule has 0 bridgehead atoms. The number of benzene rings is 1. The van der Waals surface area contributed by atoms with Crippen molar-refractivity contribution < 1.29 is 13.9 Å². The van der Waals surface area contributed by atoms with Crippen molar-refractivity contribution in [2.24, 2.45) is 5.73 Å². The summed E-state index contributed by atoms with van der Waals surface area (Å²) < 4.78 is 19.4. The van der Waals surface area contributed by atoms with Crippen LogP contribution < -0.4 is 10.5 Å². The molecule has 0 radical (unpaired) electrons. The molecule has 1 amide bonds. The van der Waals surface area contributed by atoms with Gasteiger partial charge in [-0.1, -0.05) is 22.0 Å². The standard InChI is InChI=1S/C12H8BrFN2O2/c13-7-4-5-8(14)10(6-7)18-11-3-1-2-9(16-11)12(15)17/h1-6H,(H2,15,17). The van der Waals surface area contributed by atoms with Gasteiger partial charge in [0.2, 0.25) is 5.88 Å². The Morgan fingerprint density at radius 3 is 2.83 bits per heavy atom. The monoisotopic (exact) mass is 310 g/mol. The molecule has 0 unspecified atom stereocenters. The Labute approximate surface area is 111 Å². The van der Waals surface area contributed by atoms with E-state index in [9.17, 15) is 9.18 Å². The van der Waals surface area contributed by atoms with Gasteiger partial charge in [-0.2, -0.15) is 0 Å². The summed E-state index contributed by atoms with van der Waals surface area (Å²) in [5.74, 6) is -1.08. The molecular formula is C12H8BrFN2O2. The maximum atomic E-state index is 13.4. The third-order valence-electron chi connectivity index (χ3n) is 2.08. The highest BCUT2D eigenvalue weighted by Crippen LogP contribution is 2.26. The predicted molar refractivity (Wildman–Crippen MR) is 66.9 cm³/mol. The smallest absolute Gasteiger partial charge is 0.267 e. The Morgan fingerprint density at radius 2 is 2.11 bits per heavy atom. The van der Waals surface area contributed by atoms with E-state index in [4.69, 9.17) is 10.5 Å². The van der Waals surface area contributed by atoms with Crippen molar-refractivity contribution in [1.29, 1.82) is 0 Å². The SMILES string of the molecule is NC(=O)c1cccc(Oc2cc(Br)ccc2F)n1. The summed E-state index contributed by atoms with van der Waals surface area (Å²) in [7, 11) is 0. The summed E-state index contributed by atoms with van der Waals surface area (Å²) in [4.78, 5) is 14.8. The summed E-state index contributed by atoms with van der Waals surface area (Å²) in [6.45, 7) is 0. The lowest BCUT2D eigenvalue weighted by Crippen LogP contribution is -2.12. The summed E-state index contributed by atoms with van der Waals surface area (Å²) in [5, 5.41) is 0. The van der Waals surface area contributed by atoms with Gasteiger partial charge >= 0.3 is 0 Å². The minimum atomic E-state index is -0.671. The number of aromatic nitrogens is 1. The van der Waals surface area contributed by atoms with Gasteiger partial charge in [0, 0.05) is 10.5 Å². The predicted octanol–water partition coefficient (Wildman–Crippen LogP) is 2.87. The molecule has 2 aromatic rings. The maximum Gasteiger partial charge on any atom is 0.267 e. The first-order valence-corrected chi connectivity index (χ1v) is 5.75. The Bertz CT molecular complexity index is 604. The van der Waals surface area contributed by atoms with Crippen molar-refractivity contribution in [2.45, 2.75) is 0 Å². The number of nitrogens with zero attached hydrogens (tertiary/aromatic N) is 1. The van der Waals surface area contributed by atoms with Crippen LogP contribution in [0.2, 0.25) is 0 Å². The topological polar surface area (TPSA) is 65.2 Å². The number of amides is 1. The lowest BCUT2D eigenvalue weighted by molar-refractivity contribution is 0.0995. The summed E-state index contributed by atoms with van der Waals surface area (Å²) in [6, 6.07) is 8.79. The van der Waals surface area contributed by atoms with Gasteiger partial charge in [-0.25, -0.2) is 9.37 Å². The molecule has 0 fully saturated rings. The Morgan fingerprint density at radius 1 is 1.33 bits per heavy atom. The second-order valence-corrected chi connectivity index (χ2v) is 4.32. The number of carbonyl (C=O) groups excluding carboxylic acids is 1. The molecule has 6 heteroatoms. The molecule has 0 atom stereocenters. The van der Waals surface area contributed by atoms with E-state index in [0.29, 0.717) is 4.47 Å². The molecule has 0 saturated carbocycles. The summed E-state index contributed by atoms with van der Waals surface area (Å²) in [5.41, 5.74) is 5.15. The van der Waals surface area contributed by atoms with Gasteiger partial charge in [0.25, 0.3) is 5.91 Å².